The molecule has 1 aliphatic heterocycles. The first-order valence-electron chi connectivity index (χ1n) is 9.24. The molecular weight excluding hydrogens is 385 g/mol. The lowest BCUT2D eigenvalue weighted by atomic mass is 9.88. The summed E-state index contributed by atoms with van der Waals surface area (Å²) in [6, 6.07) is 0. The second-order valence-corrected chi connectivity index (χ2v) is 7.42. The number of halogens is 1. The molecular formula is C19H24FN3O4S. The molecule has 152 valence electrons. The largest absolute Gasteiger partial charge is 0.487 e. The lowest BCUT2D eigenvalue weighted by Crippen LogP contribution is -2.43. The molecule has 4 N–H and O–H groups in total. The van der Waals surface area contributed by atoms with Crippen molar-refractivity contribution >= 4 is 40.9 Å². The van der Waals surface area contributed by atoms with Gasteiger partial charge in [-0.05, 0) is 12.8 Å². The molecule has 0 spiro atoms. The van der Waals surface area contributed by atoms with Crippen molar-refractivity contribution < 1.29 is 19.0 Å². The molecule has 1 unspecified atom stereocenters. The third kappa shape index (κ3) is 2.88. The van der Waals surface area contributed by atoms with Gasteiger partial charge in [-0.3, -0.25) is 4.79 Å². The number of pyridine rings is 1. The Morgan fingerprint density at radius 1 is 1.50 bits per heavy atom. The van der Waals surface area contributed by atoms with E-state index < -0.39 is 28.3 Å². The van der Waals surface area contributed by atoms with Crippen LogP contribution in [0.4, 0.5) is 15.8 Å². The zero-order chi connectivity index (χ0) is 20.6. The first kappa shape index (κ1) is 20.3. The molecule has 0 radical (unpaired) electrons. The minimum Gasteiger partial charge on any atom is -0.487 e. The van der Waals surface area contributed by atoms with Gasteiger partial charge in [-0.15, -0.1) is 0 Å². The van der Waals surface area contributed by atoms with E-state index in [-0.39, 0.29) is 29.1 Å². The number of nitrogens with one attached hydrogen (secondary N) is 1. The third-order valence-electron chi connectivity index (χ3n) is 5.39. The SMILES string of the molecule is CCCC1(CC)COc2c(NCCS)c(F)c(N)c3c(=O)c(C(=O)O)cn1c23. The normalized spacial score (nSPS) is 18.1. The Bertz CT molecular complexity index is 1010. The Hall–Kier alpha value is -2.42. The van der Waals surface area contributed by atoms with Crippen molar-refractivity contribution in [2.24, 2.45) is 0 Å². The fourth-order valence-corrected chi connectivity index (χ4v) is 4.05. The van der Waals surface area contributed by atoms with E-state index in [1.165, 1.54) is 6.20 Å². The van der Waals surface area contributed by atoms with Gasteiger partial charge in [-0.2, -0.15) is 12.6 Å². The monoisotopic (exact) mass is 409 g/mol. The number of ether oxygens (including phenoxy) is 1. The molecule has 3 rings (SSSR count). The number of carboxylic acids is 1. The van der Waals surface area contributed by atoms with Gasteiger partial charge >= 0.3 is 5.97 Å². The highest BCUT2D eigenvalue weighted by Crippen LogP contribution is 2.46. The van der Waals surface area contributed by atoms with Crippen LogP contribution < -0.4 is 21.2 Å². The molecule has 0 amide bonds. The summed E-state index contributed by atoms with van der Waals surface area (Å²) in [6.45, 7) is 4.59. The second-order valence-electron chi connectivity index (χ2n) is 6.97. The van der Waals surface area contributed by atoms with Gasteiger partial charge in [0.2, 0.25) is 5.43 Å². The summed E-state index contributed by atoms with van der Waals surface area (Å²) in [7, 11) is 0. The number of carbonyl (C=O) groups is 1. The molecule has 1 aliphatic rings. The number of thiol groups is 1. The number of hydrogen-bond acceptors (Lipinski definition) is 6. The van der Waals surface area contributed by atoms with Gasteiger partial charge in [0.05, 0.1) is 22.1 Å². The van der Waals surface area contributed by atoms with Crippen LogP contribution in [0.1, 0.15) is 43.5 Å². The lowest BCUT2D eigenvalue weighted by Gasteiger charge is -2.41. The Morgan fingerprint density at radius 2 is 2.21 bits per heavy atom. The standard InChI is InChI=1S/C19H24FN3O4S/c1-3-5-19(4-2)9-27-17-14(22-6-7-28)12(20)13(21)11-15(17)23(19)8-10(16(11)24)18(25)26/h8,22,28H,3-7,9,21H2,1-2H3,(H,25,26). The highest BCUT2D eigenvalue weighted by molar-refractivity contribution is 7.80. The number of hydrogen-bond donors (Lipinski definition) is 4. The highest BCUT2D eigenvalue weighted by Gasteiger charge is 2.39. The molecule has 2 heterocycles. The number of anilines is 2. The van der Waals surface area contributed by atoms with Crippen LogP contribution in [0.5, 0.6) is 5.75 Å². The van der Waals surface area contributed by atoms with Crippen LogP contribution in [0.25, 0.3) is 10.9 Å². The van der Waals surface area contributed by atoms with Gasteiger partial charge in [0, 0.05) is 18.5 Å². The maximum atomic E-state index is 15.0. The average Bonchev–Trinajstić information content (AvgIpc) is 2.67. The number of benzene rings is 1. The third-order valence-corrected chi connectivity index (χ3v) is 5.61. The second kappa shape index (κ2) is 7.54. The number of nitrogens with zero attached hydrogens (tertiary/aromatic N) is 1. The van der Waals surface area contributed by atoms with E-state index in [9.17, 15) is 14.7 Å². The van der Waals surface area contributed by atoms with Crippen molar-refractivity contribution in [2.75, 3.05) is 30.0 Å². The quantitative estimate of drug-likeness (QED) is 0.414. The van der Waals surface area contributed by atoms with E-state index in [0.717, 1.165) is 6.42 Å². The number of nitrogen functional groups attached to an aromatic ring is 1. The fourth-order valence-electron chi connectivity index (χ4n) is 3.94. The molecule has 28 heavy (non-hydrogen) atoms. The molecule has 0 bridgehead atoms. The topological polar surface area (TPSA) is 107 Å². The maximum Gasteiger partial charge on any atom is 0.341 e. The van der Waals surface area contributed by atoms with E-state index in [1.807, 2.05) is 13.8 Å². The molecule has 2 aromatic rings. The van der Waals surface area contributed by atoms with Gasteiger partial charge in [0.15, 0.2) is 11.6 Å². The van der Waals surface area contributed by atoms with Gasteiger partial charge in [-0.1, -0.05) is 20.3 Å². The van der Waals surface area contributed by atoms with Gasteiger partial charge < -0.3 is 25.5 Å². The molecule has 0 saturated heterocycles. The Morgan fingerprint density at radius 3 is 2.79 bits per heavy atom. The van der Waals surface area contributed by atoms with Crippen LogP contribution in [0, 0.1) is 5.82 Å². The summed E-state index contributed by atoms with van der Waals surface area (Å²) in [5, 5.41) is 12.3. The Balaban J connectivity index is 2.51. The Labute approximate surface area is 167 Å². The molecule has 1 aromatic heterocycles. The van der Waals surface area contributed by atoms with E-state index >= 15 is 4.39 Å². The highest BCUT2D eigenvalue weighted by atomic mass is 32.1. The number of rotatable bonds is 7. The fraction of sp³-hybridized carbons (Fsp3) is 0.474. The summed E-state index contributed by atoms with van der Waals surface area (Å²) >= 11 is 4.13. The van der Waals surface area contributed by atoms with Crippen LogP contribution in [-0.2, 0) is 5.54 Å². The maximum absolute atomic E-state index is 15.0. The number of nitrogens with two attached hydrogens (primary N) is 1. The van der Waals surface area contributed by atoms with Crippen molar-refractivity contribution in [1.29, 1.82) is 0 Å². The van der Waals surface area contributed by atoms with Gasteiger partial charge in [-0.25, -0.2) is 9.18 Å². The summed E-state index contributed by atoms with van der Waals surface area (Å²) in [6.07, 6.45) is 3.52. The van der Waals surface area contributed by atoms with Crippen molar-refractivity contribution in [2.45, 2.75) is 38.6 Å². The van der Waals surface area contributed by atoms with Crippen molar-refractivity contribution in [3.05, 3.63) is 27.8 Å². The van der Waals surface area contributed by atoms with Crippen LogP contribution >= 0.6 is 12.6 Å². The zero-order valence-corrected chi connectivity index (χ0v) is 16.7. The molecule has 7 nitrogen and oxygen atoms in total. The number of carboxylic acid groups (broad SMARTS) is 1. The molecule has 0 saturated carbocycles. The predicted molar refractivity (Wildman–Crippen MR) is 111 cm³/mol. The first-order valence-corrected chi connectivity index (χ1v) is 9.87. The van der Waals surface area contributed by atoms with Crippen LogP contribution in [-0.4, -0.2) is 34.5 Å². The summed E-state index contributed by atoms with van der Waals surface area (Å²) in [4.78, 5) is 24.5. The lowest BCUT2D eigenvalue weighted by molar-refractivity contribution is 0.0691. The smallest absolute Gasteiger partial charge is 0.341 e. The summed E-state index contributed by atoms with van der Waals surface area (Å²) in [5.74, 6) is -1.56. The predicted octanol–water partition coefficient (Wildman–Crippen LogP) is 3.06. The van der Waals surface area contributed by atoms with Crippen molar-refractivity contribution in [3.8, 4) is 5.75 Å². The van der Waals surface area contributed by atoms with Crippen LogP contribution in [0.2, 0.25) is 0 Å². The van der Waals surface area contributed by atoms with Crippen LogP contribution in [0.3, 0.4) is 0 Å². The average molecular weight is 409 g/mol. The Kier molecular flexibility index (Phi) is 5.47. The summed E-state index contributed by atoms with van der Waals surface area (Å²) < 4.78 is 22.8. The molecule has 0 fully saturated rings. The number of aromatic carboxylic acids is 1. The van der Waals surface area contributed by atoms with Crippen molar-refractivity contribution in [3.63, 3.8) is 0 Å². The first-order chi connectivity index (χ1) is 13.3. The summed E-state index contributed by atoms with van der Waals surface area (Å²) in [5.41, 5.74) is 4.20. The molecule has 1 aromatic carbocycles. The van der Waals surface area contributed by atoms with Crippen LogP contribution in [0.15, 0.2) is 11.0 Å². The minimum atomic E-state index is -1.37. The molecule has 9 heteroatoms. The van der Waals surface area contributed by atoms with E-state index in [4.69, 9.17) is 10.5 Å². The number of aromatic nitrogens is 1. The van der Waals surface area contributed by atoms with Crippen molar-refractivity contribution in [1.82, 2.24) is 4.57 Å². The molecule has 0 aliphatic carbocycles. The van der Waals surface area contributed by atoms with Gasteiger partial charge in [0.1, 0.15) is 17.9 Å². The van der Waals surface area contributed by atoms with E-state index in [0.29, 0.717) is 30.7 Å². The van der Waals surface area contributed by atoms with Gasteiger partial charge in [0.25, 0.3) is 0 Å². The van der Waals surface area contributed by atoms with E-state index in [1.54, 1.807) is 4.57 Å². The minimum absolute atomic E-state index is 0.0662. The van der Waals surface area contributed by atoms with E-state index in [2.05, 4.69) is 17.9 Å². The zero-order valence-electron chi connectivity index (χ0n) is 15.8. The molecule has 1 atom stereocenters.